The highest BCUT2D eigenvalue weighted by atomic mass is 32.2. The van der Waals surface area contributed by atoms with E-state index in [4.69, 9.17) is 0 Å². The maximum absolute atomic E-state index is 12.7. The molecule has 3 nitrogen and oxygen atoms in total. The molecule has 0 radical (unpaired) electrons. The fourth-order valence-corrected chi connectivity index (χ4v) is 3.69. The lowest BCUT2D eigenvalue weighted by Gasteiger charge is -2.08. The summed E-state index contributed by atoms with van der Waals surface area (Å²) < 4.78 is 39.7. The summed E-state index contributed by atoms with van der Waals surface area (Å²) in [5.41, 5.74) is 0.285. The Hall–Kier alpha value is -1.80. The van der Waals surface area contributed by atoms with E-state index in [1.165, 1.54) is 29.2 Å². The van der Waals surface area contributed by atoms with Gasteiger partial charge >= 0.3 is 6.18 Å². The molecule has 2 heterocycles. The van der Waals surface area contributed by atoms with E-state index in [9.17, 15) is 18.0 Å². The zero-order valence-corrected chi connectivity index (χ0v) is 12.6. The van der Waals surface area contributed by atoms with Crippen molar-refractivity contribution in [2.75, 3.05) is 0 Å². The Bertz CT molecular complexity index is 823. The molecule has 0 spiro atoms. The van der Waals surface area contributed by atoms with Crippen LogP contribution < -0.4 is 0 Å². The molecule has 0 atom stereocenters. The van der Waals surface area contributed by atoms with Crippen LogP contribution in [0.15, 0.2) is 40.9 Å². The van der Waals surface area contributed by atoms with Gasteiger partial charge in [-0.3, -0.25) is 9.20 Å². The van der Waals surface area contributed by atoms with Crippen molar-refractivity contribution in [1.29, 1.82) is 0 Å². The number of carbonyl (C=O) groups is 1. The van der Waals surface area contributed by atoms with Crippen LogP contribution in [0.4, 0.5) is 13.2 Å². The normalized spacial score (nSPS) is 12.0. The second-order valence-corrected chi connectivity index (χ2v) is 6.30. The highest BCUT2D eigenvalue weighted by molar-refractivity contribution is 7.98. The molecule has 0 bridgehead atoms. The number of halogens is 3. The Balaban J connectivity index is 1.82. The number of benzene rings is 1. The predicted molar refractivity (Wildman–Crippen MR) is 79.5 cm³/mol. The first-order valence-electron chi connectivity index (χ1n) is 6.18. The van der Waals surface area contributed by atoms with E-state index in [1.807, 2.05) is 5.38 Å². The lowest BCUT2D eigenvalue weighted by atomic mass is 10.1. The van der Waals surface area contributed by atoms with E-state index in [-0.39, 0.29) is 0 Å². The minimum atomic E-state index is -4.36. The third-order valence-corrected chi connectivity index (χ3v) is 4.81. The molecule has 3 rings (SSSR count). The van der Waals surface area contributed by atoms with Crippen LogP contribution in [0, 0.1) is 0 Å². The fourth-order valence-electron chi connectivity index (χ4n) is 1.99. The third kappa shape index (κ3) is 2.89. The number of hydrogen-bond acceptors (Lipinski definition) is 4. The summed E-state index contributed by atoms with van der Waals surface area (Å²) in [5, 5.41) is 2.34. The van der Waals surface area contributed by atoms with Gasteiger partial charge in [-0.05, 0) is 11.6 Å². The summed E-state index contributed by atoms with van der Waals surface area (Å²) in [6.45, 7) is 0. The maximum Gasteiger partial charge on any atom is 0.416 e. The van der Waals surface area contributed by atoms with Crippen LogP contribution in [0.25, 0.3) is 4.96 Å². The third-order valence-electron chi connectivity index (χ3n) is 3.01. The van der Waals surface area contributed by atoms with Crippen LogP contribution in [0.2, 0.25) is 0 Å². The summed E-state index contributed by atoms with van der Waals surface area (Å²) in [4.78, 5) is 16.2. The fraction of sp³-hybridized carbons (Fsp3) is 0.143. The first-order chi connectivity index (χ1) is 10.5. The summed E-state index contributed by atoms with van der Waals surface area (Å²) in [6, 6.07) is 5.16. The zero-order valence-electron chi connectivity index (χ0n) is 11.0. The van der Waals surface area contributed by atoms with Crippen LogP contribution in [-0.4, -0.2) is 15.7 Å². The summed E-state index contributed by atoms with van der Waals surface area (Å²) >= 11 is 2.65. The molecule has 0 unspecified atom stereocenters. The van der Waals surface area contributed by atoms with Gasteiger partial charge in [0.25, 0.3) is 0 Å². The number of rotatable bonds is 4. The zero-order chi connectivity index (χ0) is 15.7. The van der Waals surface area contributed by atoms with Crippen molar-refractivity contribution in [3.63, 3.8) is 0 Å². The Morgan fingerprint density at radius 2 is 2.18 bits per heavy atom. The summed E-state index contributed by atoms with van der Waals surface area (Å²) in [5.74, 6) is 0.315. The molecule has 0 amide bonds. The molecule has 3 aromatic rings. The Morgan fingerprint density at radius 1 is 1.36 bits per heavy atom. The molecule has 8 heteroatoms. The quantitative estimate of drug-likeness (QED) is 0.516. The first-order valence-corrected chi connectivity index (χ1v) is 8.05. The highest BCUT2D eigenvalue weighted by Crippen LogP contribution is 2.32. The monoisotopic (exact) mass is 342 g/mol. The molecule has 2 aromatic heterocycles. The predicted octanol–water partition coefficient (Wildman–Crippen LogP) is 4.52. The minimum Gasteiger partial charge on any atom is -0.296 e. The van der Waals surface area contributed by atoms with E-state index in [1.54, 1.807) is 16.7 Å². The first kappa shape index (κ1) is 15.1. The highest BCUT2D eigenvalue weighted by Gasteiger charge is 2.30. The maximum atomic E-state index is 12.7. The number of hydrogen-bond donors (Lipinski definition) is 0. The molecule has 22 heavy (non-hydrogen) atoms. The molecular weight excluding hydrogens is 333 g/mol. The van der Waals surface area contributed by atoms with Crippen LogP contribution in [0.5, 0.6) is 0 Å². The standard InChI is InChI=1S/C14H9F3N2OS2/c15-14(16,17)10-3-1-2-9(6-10)8-22-12-11(7-20)19-4-5-21-13(19)18-12/h1-7H,8H2. The molecule has 0 saturated heterocycles. The van der Waals surface area contributed by atoms with E-state index in [0.29, 0.717) is 33.3 Å². The Labute approximate surface area is 131 Å². The van der Waals surface area contributed by atoms with Gasteiger partial charge in [-0.15, -0.1) is 11.3 Å². The number of thiazole rings is 1. The van der Waals surface area contributed by atoms with Gasteiger partial charge in [0.1, 0.15) is 10.7 Å². The minimum absolute atomic E-state index is 0.315. The number of aromatic nitrogens is 2. The smallest absolute Gasteiger partial charge is 0.296 e. The molecule has 114 valence electrons. The van der Waals surface area contributed by atoms with Gasteiger partial charge in [0.05, 0.1) is 5.56 Å². The molecular formula is C14H9F3N2OS2. The van der Waals surface area contributed by atoms with Crippen molar-refractivity contribution >= 4 is 34.3 Å². The van der Waals surface area contributed by atoms with Crippen LogP contribution in [0.3, 0.4) is 0 Å². The van der Waals surface area contributed by atoms with Gasteiger partial charge in [0, 0.05) is 17.3 Å². The number of fused-ring (bicyclic) bond motifs is 1. The molecule has 0 fully saturated rings. The molecule has 0 aliphatic carbocycles. The second-order valence-electron chi connectivity index (χ2n) is 4.46. The van der Waals surface area contributed by atoms with E-state index < -0.39 is 11.7 Å². The van der Waals surface area contributed by atoms with Gasteiger partial charge in [0.15, 0.2) is 11.2 Å². The number of thioether (sulfide) groups is 1. The van der Waals surface area contributed by atoms with Crippen molar-refractivity contribution in [3.05, 3.63) is 52.7 Å². The van der Waals surface area contributed by atoms with E-state index in [0.717, 1.165) is 12.1 Å². The van der Waals surface area contributed by atoms with Crippen molar-refractivity contribution in [2.24, 2.45) is 0 Å². The number of imidazole rings is 1. The largest absolute Gasteiger partial charge is 0.416 e. The molecule has 0 aliphatic rings. The average Bonchev–Trinajstić information content (AvgIpc) is 3.04. The lowest BCUT2D eigenvalue weighted by molar-refractivity contribution is -0.137. The van der Waals surface area contributed by atoms with E-state index in [2.05, 4.69) is 4.98 Å². The van der Waals surface area contributed by atoms with Gasteiger partial charge in [-0.1, -0.05) is 30.0 Å². The van der Waals surface area contributed by atoms with Crippen LogP contribution in [-0.2, 0) is 11.9 Å². The molecule has 1 aromatic carbocycles. The Morgan fingerprint density at radius 3 is 2.91 bits per heavy atom. The van der Waals surface area contributed by atoms with Crippen molar-refractivity contribution in [1.82, 2.24) is 9.38 Å². The Kier molecular flexibility index (Phi) is 3.96. The SMILES string of the molecule is O=Cc1c(SCc2cccc(C(F)(F)F)c2)nc2sccn12. The summed E-state index contributed by atoms with van der Waals surface area (Å²) in [6.07, 6.45) is -1.90. The van der Waals surface area contributed by atoms with Crippen LogP contribution >= 0.6 is 23.1 Å². The molecule has 0 aliphatic heterocycles. The number of aldehydes is 1. The number of carbonyl (C=O) groups excluding carboxylic acids is 1. The number of nitrogens with zero attached hydrogens (tertiary/aromatic N) is 2. The molecule has 0 saturated carbocycles. The van der Waals surface area contributed by atoms with Crippen molar-refractivity contribution in [2.45, 2.75) is 17.0 Å². The number of alkyl halides is 3. The summed E-state index contributed by atoms with van der Waals surface area (Å²) in [7, 11) is 0. The molecule has 0 N–H and O–H groups in total. The lowest BCUT2D eigenvalue weighted by Crippen LogP contribution is -2.04. The van der Waals surface area contributed by atoms with Crippen LogP contribution in [0.1, 0.15) is 21.6 Å². The van der Waals surface area contributed by atoms with Gasteiger partial charge in [0.2, 0.25) is 0 Å². The van der Waals surface area contributed by atoms with Gasteiger partial charge in [-0.2, -0.15) is 13.2 Å². The van der Waals surface area contributed by atoms with Crippen molar-refractivity contribution < 1.29 is 18.0 Å². The average molecular weight is 342 g/mol. The second kappa shape index (κ2) is 5.77. The van der Waals surface area contributed by atoms with Gasteiger partial charge < -0.3 is 0 Å². The van der Waals surface area contributed by atoms with E-state index >= 15 is 0 Å². The topological polar surface area (TPSA) is 34.4 Å². The van der Waals surface area contributed by atoms with Gasteiger partial charge in [-0.25, -0.2) is 4.98 Å². The van der Waals surface area contributed by atoms with Crippen molar-refractivity contribution in [3.8, 4) is 0 Å².